The van der Waals surface area contributed by atoms with Crippen molar-refractivity contribution in [2.24, 2.45) is 0 Å². The second-order valence-corrected chi connectivity index (χ2v) is 5.62. The van der Waals surface area contributed by atoms with E-state index in [4.69, 9.17) is 0 Å². The van der Waals surface area contributed by atoms with Crippen LogP contribution in [0.1, 0.15) is 31.4 Å². The average Bonchev–Trinajstić information content (AvgIpc) is 2.47. The van der Waals surface area contributed by atoms with Crippen LogP contribution in [0.15, 0.2) is 47.4 Å². The number of aromatic nitrogens is 1. The molecule has 0 bridgehead atoms. The van der Waals surface area contributed by atoms with Crippen LogP contribution < -0.4 is 10.9 Å². The third-order valence-corrected chi connectivity index (χ3v) is 3.69. The normalized spacial score (nSPS) is 12.1. The predicted molar refractivity (Wildman–Crippen MR) is 89.0 cm³/mol. The summed E-state index contributed by atoms with van der Waals surface area (Å²) in [6.45, 7) is 6.98. The molecule has 0 fully saturated rings. The maximum Gasteiger partial charge on any atom is 0.250 e. The number of hydrogen-bond donors (Lipinski definition) is 1. The summed E-state index contributed by atoms with van der Waals surface area (Å²) in [5.41, 5.74) is 3.74. The van der Waals surface area contributed by atoms with E-state index in [2.05, 4.69) is 43.4 Å². The third-order valence-electron chi connectivity index (χ3n) is 3.69. The van der Waals surface area contributed by atoms with Crippen LogP contribution in [0.2, 0.25) is 0 Å². The molecule has 1 unspecified atom stereocenters. The van der Waals surface area contributed by atoms with Crippen LogP contribution in [0.3, 0.4) is 0 Å². The standard InChI is InChI=1S/C18H24N2O/c1-4-20-13-17(10-11-18(20)21)19-15(3)8-9-16-7-5-6-14(2)12-16/h5-7,10-13,15,19H,4,8-9H2,1-3H3. The van der Waals surface area contributed by atoms with Gasteiger partial charge in [-0.3, -0.25) is 4.79 Å². The minimum atomic E-state index is 0.0514. The molecule has 112 valence electrons. The zero-order chi connectivity index (χ0) is 15.2. The maximum absolute atomic E-state index is 11.6. The first kappa shape index (κ1) is 15.4. The van der Waals surface area contributed by atoms with Crippen molar-refractivity contribution in [1.82, 2.24) is 4.57 Å². The van der Waals surface area contributed by atoms with Crippen LogP contribution in [0.4, 0.5) is 5.69 Å². The highest BCUT2D eigenvalue weighted by Gasteiger charge is 2.04. The van der Waals surface area contributed by atoms with Gasteiger partial charge in [-0.05, 0) is 45.2 Å². The second kappa shape index (κ2) is 7.11. The van der Waals surface area contributed by atoms with Gasteiger partial charge < -0.3 is 9.88 Å². The number of hydrogen-bond acceptors (Lipinski definition) is 2. The molecule has 0 amide bonds. The van der Waals surface area contributed by atoms with Crippen molar-refractivity contribution in [1.29, 1.82) is 0 Å². The Morgan fingerprint density at radius 2 is 2.05 bits per heavy atom. The van der Waals surface area contributed by atoms with E-state index in [9.17, 15) is 4.79 Å². The zero-order valence-electron chi connectivity index (χ0n) is 13.1. The number of rotatable bonds is 6. The summed E-state index contributed by atoms with van der Waals surface area (Å²) in [4.78, 5) is 11.6. The van der Waals surface area contributed by atoms with Gasteiger partial charge in [0.1, 0.15) is 0 Å². The van der Waals surface area contributed by atoms with Crippen molar-refractivity contribution in [3.8, 4) is 0 Å². The fraction of sp³-hybridized carbons (Fsp3) is 0.389. The van der Waals surface area contributed by atoms with Crippen LogP contribution in [-0.2, 0) is 13.0 Å². The van der Waals surface area contributed by atoms with E-state index in [-0.39, 0.29) is 5.56 Å². The molecule has 3 heteroatoms. The molecule has 0 saturated carbocycles. The van der Waals surface area contributed by atoms with Gasteiger partial charge in [0.05, 0.1) is 5.69 Å². The third kappa shape index (κ3) is 4.48. The molecule has 0 aliphatic carbocycles. The SMILES string of the molecule is CCn1cc(NC(C)CCc2cccc(C)c2)ccc1=O. The average molecular weight is 284 g/mol. The molecule has 1 heterocycles. The van der Waals surface area contributed by atoms with Gasteiger partial charge in [0.25, 0.3) is 5.56 Å². The maximum atomic E-state index is 11.6. The Balaban J connectivity index is 1.92. The number of nitrogens with one attached hydrogen (secondary N) is 1. The first-order valence-corrected chi connectivity index (χ1v) is 7.61. The van der Waals surface area contributed by atoms with Crippen molar-refractivity contribution < 1.29 is 0 Å². The topological polar surface area (TPSA) is 34.0 Å². The first-order chi connectivity index (χ1) is 10.1. The molecule has 3 nitrogen and oxygen atoms in total. The summed E-state index contributed by atoms with van der Waals surface area (Å²) in [6, 6.07) is 12.5. The molecular formula is C18H24N2O. The van der Waals surface area contributed by atoms with E-state index in [0.717, 1.165) is 18.5 Å². The van der Waals surface area contributed by atoms with Gasteiger partial charge in [-0.15, -0.1) is 0 Å². The Hall–Kier alpha value is -2.03. The van der Waals surface area contributed by atoms with Crippen LogP contribution >= 0.6 is 0 Å². The highest BCUT2D eigenvalue weighted by atomic mass is 16.1. The van der Waals surface area contributed by atoms with E-state index in [1.54, 1.807) is 10.6 Å². The molecule has 2 rings (SSSR count). The summed E-state index contributed by atoms with van der Waals surface area (Å²) < 4.78 is 1.72. The van der Waals surface area contributed by atoms with E-state index in [0.29, 0.717) is 12.6 Å². The molecule has 1 atom stereocenters. The smallest absolute Gasteiger partial charge is 0.250 e. The number of pyridine rings is 1. The number of nitrogens with zero attached hydrogens (tertiary/aromatic N) is 1. The number of aryl methyl sites for hydroxylation is 3. The highest BCUT2D eigenvalue weighted by molar-refractivity contribution is 5.41. The van der Waals surface area contributed by atoms with Gasteiger partial charge in [0.2, 0.25) is 0 Å². The zero-order valence-corrected chi connectivity index (χ0v) is 13.1. The number of benzene rings is 1. The Kier molecular flexibility index (Phi) is 5.20. The molecular weight excluding hydrogens is 260 g/mol. The number of anilines is 1. The fourth-order valence-electron chi connectivity index (χ4n) is 2.47. The largest absolute Gasteiger partial charge is 0.381 e. The van der Waals surface area contributed by atoms with Crippen molar-refractivity contribution in [2.75, 3.05) is 5.32 Å². The lowest BCUT2D eigenvalue weighted by Crippen LogP contribution is -2.21. The van der Waals surface area contributed by atoms with E-state index >= 15 is 0 Å². The van der Waals surface area contributed by atoms with E-state index in [1.807, 2.05) is 19.2 Å². The summed E-state index contributed by atoms with van der Waals surface area (Å²) in [5, 5.41) is 3.47. The molecule has 0 aliphatic rings. The first-order valence-electron chi connectivity index (χ1n) is 7.61. The van der Waals surface area contributed by atoms with Gasteiger partial charge in [-0.1, -0.05) is 29.8 Å². The quantitative estimate of drug-likeness (QED) is 0.879. The van der Waals surface area contributed by atoms with Crippen molar-refractivity contribution in [3.63, 3.8) is 0 Å². The molecule has 0 saturated heterocycles. The lowest BCUT2D eigenvalue weighted by molar-refractivity contribution is 0.695. The van der Waals surface area contributed by atoms with Crippen molar-refractivity contribution in [3.05, 3.63) is 64.1 Å². The van der Waals surface area contributed by atoms with Crippen molar-refractivity contribution in [2.45, 2.75) is 46.2 Å². The predicted octanol–water partition coefficient (Wildman–Crippen LogP) is 3.61. The molecule has 0 aliphatic heterocycles. The monoisotopic (exact) mass is 284 g/mol. The van der Waals surface area contributed by atoms with Gasteiger partial charge in [-0.2, -0.15) is 0 Å². The minimum Gasteiger partial charge on any atom is -0.381 e. The lowest BCUT2D eigenvalue weighted by atomic mass is 10.0. The van der Waals surface area contributed by atoms with Crippen LogP contribution in [0, 0.1) is 6.92 Å². The molecule has 2 aromatic rings. The highest BCUT2D eigenvalue weighted by Crippen LogP contribution is 2.12. The van der Waals surface area contributed by atoms with Gasteiger partial charge in [0.15, 0.2) is 0 Å². The van der Waals surface area contributed by atoms with E-state index in [1.165, 1.54) is 11.1 Å². The summed E-state index contributed by atoms with van der Waals surface area (Å²) in [6.07, 6.45) is 4.02. The van der Waals surface area contributed by atoms with Gasteiger partial charge in [0, 0.05) is 24.8 Å². The van der Waals surface area contributed by atoms with Crippen LogP contribution in [0.25, 0.3) is 0 Å². The second-order valence-electron chi connectivity index (χ2n) is 5.62. The van der Waals surface area contributed by atoms with Crippen LogP contribution in [-0.4, -0.2) is 10.6 Å². The van der Waals surface area contributed by atoms with Crippen LogP contribution in [0.5, 0.6) is 0 Å². The molecule has 1 aromatic heterocycles. The molecule has 0 radical (unpaired) electrons. The van der Waals surface area contributed by atoms with Gasteiger partial charge in [-0.25, -0.2) is 0 Å². The fourth-order valence-corrected chi connectivity index (χ4v) is 2.47. The Bertz CT molecular complexity index is 646. The molecule has 1 aromatic carbocycles. The van der Waals surface area contributed by atoms with E-state index < -0.39 is 0 Å². The Labute approximate surface area is 126 Å². The van der Waals surface area contributed by atoms with Gasteiger partial charge >= 0.3 is 0 Å². The molecule has 1 N–H and O–H groups in total. The summed E-state index contributed by atoms with van der Waals surface area (Å²) in [5.74, 6) is 0. The Morgan fingerprint density at radius 3 is 2.76 bits per heavy atom. The van der Waals surface area contributed by atoms with Crippen molar-refractivity contribution >= 4 is 5.69 Å². The Morgan fingerprint density at radius 1 is 1.24 bits per heavy atom. The summed E-state index contributed by atoms with van der Waals surface area (Å²) in [7, 11) is 0. The minimum absolute atomic E-state index is 0.0514. The lowest BCUT2D eigenvalue weighted by Gasteiger charge is -2.16. The molecule has 21 heavy (non-hydrogen) atoms. The summed E-state index contributed by atoms with van der Waals surface area (Å²) >= 11 is 0. The molecule has 0 spiro atoms.